The van der Waals surface area contributed by atoms with E-state index in [2.05, 4.69) is 5.32 Å². The van der Waals surface area contributed by atoms with Crippen LogP contribution in [-0.4, -0.2) is 85.7 Å². The Balaban J connectivity index is 0. The summed E-state index contributed by atoms with van der Waals surface area (Å²) in [4.78, 5) is 40.4. The zero-order valence-electron chi connectivity index (χ0n) is 13.7. The van der Waals surface area contributed by atoms with Crippen molar-refractivity contribution >= 4 is 23.7 Å². The number of carboxylic acids is 2. The normalized spacial score (nSPS) is 10.4. The summed E-state index contributed by atoms with van der Waals surface area (Å²) >= 11 is 0. The van der Waals surface area contributed by atoms with Crippen molar-refractivity contribution in [2.45, 2.75) is 6.92 Å². The number of carbonyl (C=O) groups is 3. The van der Waals surface area contributed by atoms with Crippen LogP contribution in [0.25, 0.3) is 0 Å². The number of likely N-dealkylation sites (N-methyl/N-ethyl adjacent to an activating group) is 1. The molecule has 0 saturated carbocycles. The fraction of sp³-hybridized carbons (Fsp3) is 0.667. The number of nitrogens with one attached hydrogen (secondary N) is 2. The van der Waals surface area contributed by atoms with Gasteiger partial charge in [-0.05, 0) is 0 Å². The van der Waals surface area contributed by atoms with E-state index in [1.165, 1.54) is 35.9 Å². The molecule has 11 nitrogen and oxygen atoms in total. The van der Waals surface area contributed by atoms with E-state index in [-0.39, 0.29) is 65.7 Å². The van der Waals surface area contributed by atoms with Gasteiger partial charge < -0.3 is 30.0 Å². The van der Waals surface area contributed by atoms with E-state index in [1.54, 1.807) is 0 Å². The van der Waals surface area contributed by atoms with Gasteiger partial charge in [0.2, 0.25) is 11.8 Å². The molecule has 0 saturated heterocycles. The van der Waals surface area contributed by atoms with Crippen LogP contribution in [0.15, 0.2) is 0 Å². The molecule has 0 fully saturated rings. The van der Waals surface area contributed by atoms with Crippen LogP contribution in [0.4, 0.5) is 0 Å². The van der Waals surface area contributed by atoms with Gasteiger partial charge in [0.1, 0.15) is 0 Å². The number of hydrogen-bond acceptors (Lipinski definition) is 10. The van der Waals surface area contributed by atoms with Gasteiger partial charge in [-0.25, -0.2) is 0 Å². The Morgan fingerprint density at radius 1 is 1.04 bits per heavy atom. The number of carboxylic acid groups (broad SMARTS) is 2. The third-order valence-electron chi connectivity index (χ3n) is 2.44. The molecule has 2 N–H and O–H groups in total. The number of hydroxylamine groups is 2. The molecule has 0 bridgehead atoms. The summed E-state index contributed by atoms with van der Waals surface area (Å²) in [7, 11) is 2.87. The zero-order valence-corrected chi connectivity index (χ0v) is 15.9. The van der Waals surface area contributed by atoms with E-state index in [1.807, 2.05) is 0 Å². The molecule has 0 aliphatic rings. The summed E-state index contributed by atoms with van der Waals surface area (Å²) in [6.45, 7) is -0.120. The van der Waals surface area contributed by atoms with Gasteiger partial charge >= 0.3 is 39.9 Å². The van der Waals surface area contributed by atoms with E-state index in [4.69, 9.17) is 10.2 Å². The summed E-state index contributed by atoms with van der Waals surface area (Å²) < 4.78 is 0. The monoisotopic (exact) mass is 489 g/mol. The zero-order chi connectivity index (χ0) is 18.0. The van der Waals surface area contributed by atoms with E-state index in [9.17, 15) is 24.6 Å². The van der Waals surface area contributed by atoms with Crippen LogP contribution in [0.1, 0.15) is 6.92 Å². The predicted molar refractivity (Wildman–Crippen MR) is 74.3 cm³/mol. The first kappa shape index (κ1) is 25.3. The molecular weight excluding hydrogens is 467 g/mol. The van der Waals surface area contributed by atoms with Gasteiger partial charge in [-0.15, -0.1) is 5.06 Å². The molecule has 0 rings (SSSR count). The first-order valence-corrected chi connectivity index (χ1v) is 6.63. The number of amides is 1. The average Bonchev–Trinajstić information content (AvgIpc) is 2.35. The Bertz CT molecular complexity index is 450. The largest absolute Gasteiger partial charge is 3.00 e. The molecule has 1 radical (unpaired) electrons. The van der Waals surface area contributed by atoms with Crippen molar-refractivity contribution < 1.29 is 69.4 Å². The minimum Gasteiger partial charge on any atom is -0.549 e. The Labute approximate surface area is 172 Å². The second kappa shape index (κ2) is 13.4. The summed E-state index contributed by atoms with van der Waals surface area (Å²) in [5, 5.41) is 32.3. The van der Waals surface area contributed by atoms with Crippen molar-refractivity contribution in [1.29, 1.82) is 5.41 Å². The van der Waals surface area contributed by atoms with Gasteiger partial charge in [-0.3, -0.25) is 20.0 Å². The van der Waals surface area contributed by atoms with Crippen molar-refractivity contribution in [3.8, 4) is 0 Å². The maximum Gasteiger partial charge on any atom is 3.00 e. The number of aliphatic carboxylic acids is 2. The fourth-order valence-corrected chi connectivity index (χ4v) is 1.78. The number of carbonyl (C=O) groups excluding carboxylic acids is 3. The molecule has 0 heterocycles. The standard InChI is InChI=1S/C12H23N5O6.Gd/c1-9(13)23-15(3)7-17(6-12(21)22)8-16(5-11(19)20)4-10(18)14-2;/h13H,4-8H2,1-3H3,(H,14,18)(H,19,20)(H,21,22);/q;+3/p-2. The summed E-state index contributed by atoms with van der Waals surface area (Å²) in [6.07, 6.45) is 0. The molecule has 0 aromatic rings. The molecule has 12 heteroatoms. The number of rotatable bonds is 11. The minimum absolute atomic E-state index is 0. The van der Waals surface area contributed by atoms with Gasteiger partial charge in [0.15, 0.2) is 0 Å². The molecule has 0 spiro atoms. The number of nitrogens with zero attached hydrogens (tertiary/aromatic N) is 3. The second-order valence-corrected chi connectivity index (χ2v) is 4.79. The SMILES string of the molecule is CNC(=O)CN(CC(=O)[O-])CN(CC(=O)[O-])CN(C)OC(C)=N.[Gd+3]. The van der Waals surface area contributed by atoms with Crippen LogP contribution in [0.2, 0.25) is 0 Å². The first-order chi connectivity index (χ1) is 10.6. The van der Waals surface area contributed by atoms with Gasteiger partial charge in [0, 0.05) is 34.1 Å². The van der Waals surface area contributed by atoms with Crippen LogP contribution >= 0.6 is 0 Å². The van der Waals surface area contributed by atoms with Crippen molar-refractivity contribution in [2.24, 2.45) is 0 Å². The molecule has 0 aromatic carbocycles. The van der Waals surface area contributed by atoms with E-state index >= 15 is 0 Å². The van der Waals surface area contributed by atoms with Crippen LogP contribution in [0.5, 0.6) is 0 Å². The molecule has 137 valence electrons. The smallest absolute Gasteiger partial charge is 0.549 e. The van der Waals surface area contributed by atoms with Crippen LogP contribution < -0.4 is 15.5 Å². The minimum atomic E-state index is -1.40. The van der Waals surface area contributed by atoms with Crippen molar-refractivity contribution in [3.63, 3.8) is 0 Å². The van der Waals surface area contributed by atoms with E-state index in [0.29, 0.717) is 0 Å². The van der Waals surface area contributed by atoms with Gasteiger partial charge in [0.25, 0.3) is 0 Å². The van der Waals surface area contributed by atoms with Gasteiger partial charge in [-0.1, -0.05) is 0 Å². The van der Waals surface area contributed by atoms with Crippen molar-refractivity contribution in [2.75, 3.05) is 47.1 Å². The van der Waals surface area contributed by atoms with Crippen LogP contribution in [-0.2, 0) is 19.2 Å². The first-order valence-electron chi connectivity index (χ1n) is 6.63. The molecule has 24 heavy (non-hydrogen) atoms. The Morgan fingerprint density at radius 2 is 1.54 bits per heavy atom. The van der Waals surface area contributed by atoms with Crippen LogP contribution in [0, 0.1) is 45.3 Å². The summed E-state index contributed by atoms with van der Waals surface area (Å²) in [5.41, 5.74) is 0. The molecular formula is C12H21GdN5O6+. The molecule has 0 aliphatic heterocycles. The topological polar surface area (TPSA) is 152 Å². The molecule has 0 aromatic heterocycles. The maximum atomic E-state index is 11.4. The molecule has 0 unspecified atom stereocenters. The third kappa shape index (κ3) is 13.5. The second-order valence-electron chi connectivity index (χ2n) is 4.79. The number of hydrogen-bond donors (Lipinski definition) is 2. The van der Waals surface area contributed by atoms with Crippen LogP contribution in [0.3, 0.4) is 0 Å². The Kier molecular flexibility index (Phi) is 14.1. The summed E-state index contributed by atoms with van der Waals surface area (Å²) in [5.74, 6) is -3.31. The van der Waals surface area contributed by atoms with Gasteiger partial charge in [-0.2, -0.15) is 0 Å². The molecule has 0 atom stereocenters. The van der Waals surface area contributed by atoms with E-state index < -0.39 is 30.9 Å². The summed E-state index contributed by atoms with van der Waals surface area (Å²) in [6, 6.07) is 0. The quantitative estimate of drug-likeness (QED) is 0.127. The van der Waals surface area contributed by atoms with Gasteiger partial charge in [0.05, 0.1) is 31.8 Å². The third-order valence-corrected chi connectivity index (χ3v) is 2.44. The van der Waals surface area contributed by atoms with Crippen molar-refractivity contribution in [1.82, 2.24) is 20.2 Å². The molecule has 1 amide bonds. The fourth-order valence-electron chi connectivity index (χ4n) is 1.78. The predicted octanol–water partition coefficient (Wildman–Crippen LogP) is -4.39. The van der Waals surface area contributed by atoms with Crippen molar-refractivity contribution in [3.05, 3.63) is 0 Å². The molecule has 0 aliphatic carbocycles. The Hall–Kier alpha value is -0.915. The van der Waals surface area contributed by atoms with E-state index in [0.717, 1.165) is 0 Å². The maximum absolute atomic E-state index is 11.4. The Morgan fingerprint density at radius 3 is 1.96 bits per heavy atom. The average molecular weight is 489 g/mol.